The van der Waals surface area contributed by atoms with Crippen LogP contribution in [0.5, 0.6) is 5.75 Å². The highest BCUT2D eigenvalue weighted by atomic mass is 16.5. The summed E-state index contributed by atoms with van der Waals surface area (Å²) in [5.74, 6) is 6.61. The normalized spacial score (nSPS) is 9.79. The van der Waals surface area contributed by atoms with Crippen molar-refractivity contribution in [3.05, 3.63) is 47.8 Å². The molecule has 0 saturated carbocycles. The third-order valence-electron chi connectivity index (χ3n) is 2.61. The lowest BCUT2D eigenvalue weighted by molar-refractivity contribution is 0.306. The van der Waals surface area contributed by atoms with Gasteiger partial charge in [-0.3, -0.25) is 4.68 Å². The summed E-state index contributed by atoms with van der Waals surface area (Å²) >= 11 is 0. The Labute approximate surface area is 113 Å². The van der Waals surface area contributed by atoms with Crippen molar-refractivity contribution in [3.63, 3.8) is 0 Å². The van der Waals surface area contributed by atoms with E-state index >= 15 is 0 Å². The van der Waals surface area contributed by atoms with Gasteiger partial charge in [-0.15, -0.1) is 0 Å². The van der Waals surface area contributed by atoms with Crippen molar-refractivity contribution >= 4 is 0 Å². The molecule has 1 aromatic heterocycles. The molecule has 0 unspecified atom stereocenters. The molecule has 0 bridgehead atoms. The first-order valence-electron chi connectivity index (χ1n) is 6.25. The first kappa shape index (κ1) is 13.2. The monoisotopic (exact) mass is 255 g/mol. The molecule has 2 aromatic rings. The molecular formula is C15H17N3O. The van der Waals surface area contributed by atoms with E-state index in [-0.39, 0.29) is 0 Å². The lowest BCUT2D eigenvalue weighted by Crippen LogP contribution is -1.95. The molecule has 0 aliphatic heterocycles. The van der Waals surface area contributed by atoms with Gasteiger partial charge in [0.05, 0.1) is 12.7 Å². The number of hydrogen-bond donors (Lipinski definition) is 1. The number of aryl methyl sites for hydroxylation is 1. The predicted octanol–water partition coefficient (Wildman–Crippen LogP) is 1.79. The Hall–Kier alpha value is -2.25. The Kier molecular flexibility index (Phi) is 4.60. The summed E-state index contributed by atoms with van der Waals surface area (Å²) in [5.41, 5.74) is 7.33. The molecule has 1 aromatic carbocycles. The first-order chi connectivity index (χ1) is 9.31. The van der Waals surface area contributed by atoms with E-state index in [0.29, 0.717) is 13.2 Å². The third-order valence-corrected chi connectivity index (χ3v) is 2.61. The highest BCUT2D eigenvalue weighted by Crippen LogP contribution is 2.13. The van der Waals surface area contributed by atoms with Gasteiger partial charge in [-0.25, -0.2) is 0 Å². The van der Waals surface area contributed by atoms with Crippen LogP contribution in [0.4, 0.5) is 0 Å². The number of rotatable bonds is 4. The van der Waals surface area contributed by atoms with Gasteiger partial charge in [0.25, 0.3) is 0 Å². The lowest BCUT2D eigenvalue weighted by atomic mass is 10.2. The van der Waals surface area contributed by atoms with Crippen LogP contribution in [0.2, 0.25) is 0 Å². The topological polar surface area (TPSA) is 53.1 Å². The standard InChI is InChI=1S/C15H17N3O/c1-2-18-11-14(10-17-18)12-19-15-7-5-13(6-8-15)4-3-9-16/h5-8,10-11H,2,9,12,16H2,1H3. The Bertz CT molecular complexity index is 575. The zero-order chi connectivity index (χ0) is 13.5. The van der Waals surface area contributed by atoms with Gasteiger partial charge in [0.1, 0.15) is 12.4 Å². The van der Waals surface area contributed by atoms with Crippen molar-refractivity contribution in [3.8, 4) is 17.6 Å². The van der Waals surface area contributed by atoms with E-state index in [9.17, 15) is 0 Å². The SMILES string of the molecule is CCn1cc(COc2ccc(C#CCN)cc2)cn1. The number of nitrogens with two attached hydrogens (primary N) is 1. The van der Waals surface area contributed by atoms with Crippen molar-refractivity contribution in [1.29, 1.82) is 0 Å². The number of aromatic nitrogens is 2. The molecule has 0 spiro atoms. The predicted molar refractivity (Wildman–Crippen MR) is 74.6 cm³/mol. The molecule has 4 heteroatoms. The molecule has 0 aliphatic carbocycles. The molecule has 2 N–H and O–H groups in total. The van der Waals surface area contributed by atoms with E-state index in [0.717, 1.165) is 23.4 Å². The number of ether oxygens (including phenoxy) is 1. The summed E-state index contributed by atoms with van der Waals surface area (Å²) in [6, 6.07) is 7.66. The number of hydrogen-bond acceptors (Lipinski definition) is 3. The lowest BCUT2D eigenvalue weighted by Gasteiger charge is -2.04. The van der Waals surface area contributed by atoms with Gasteiger partial charge in [-0.2, -0.15) is 5.10 Å². The fraction of sp³-hybridized carbons (Fsp3) is 0.267. The minimum atomic E-state index is 0.375. The highest BCUT2D eigenvalue weighted by Gasteiger charge is 1.99. The number of nitrogens with zero attached hydrogens (tertiary/aromatic N) is 2. The minimum absolute atomic E-state index is 0.375. The van der Waals surface area contributed by atoms with E-state index in [1.165, 1.54) is 0 Å². The van der Waals surface area contributed by atoms with Crippen LogP contribution in [0.25, 0.3) is 0 Å². The van der Waals surface area contributed by atoms with Crippen LogP contribution in [0.15, 0.2) is 36.7 Å². The summed E-state index contributed by atoms with van der Waals surface area (Å²) in [7, 11) is 0. The minimum Gasteiger partial charge on any atom is -0.489 e. The molecule has 0 amide bonds. The largest absolute Gasteiger partial charge is 0.489 e. The molecule has 0 radical (unpaired) electrons. The summed E-state index contributed by atoms with van der Waals surface area (Å²) in [6.45, 7) is 3.82. The van der Waals surface area contributed by atoms with Crippen LogP contribution < -0.4 is 10.5 Å². The van der Waals surface area contributed by atoms with E-state index in [2.05, 4.69) is 23.9 Å². The molecule has 98 valence electrons. The molecular weight excluding hydrogens is 238 g/mol. The smallest absolute Gasteiger partial charge is 0.119 e. The van der Waals surface area contributed by atoms with Gasteiger partial charge >= 0.3 is 0 Å². The Morgan fingerprint density at radius 3 is 2.74 bits per heavy atom. The van der Waals surface area contributed by atoms with Crippen LogP contribution in [-0.4, -0.2) is 16.3 Å². The fourth-order valence-corrected chi connectivity index (χ4v) is 1.61. The van der Waals surface area contributed by atoms with E-state index < -0.39 is 0 Å². The van der Waals surface area contributed by atoms with Gasteiger partial charge in [0.2, 0.25) is 0 Å². The second-order valence-electron chi connectivity index (χ2n) is 4.02. The molecule has 0 atom stereocenters. The second-order valence-corrected chi connectivity index (χ2v) is 4.02. The summed E-state index contributed by atoms with van der Waals surface area (Å²) in [6.07, 6.45) is 3.81. The van der Waals surface area contributed by atoms with E-state index in [4.69, 9.17) is 10.5 Å². The molecule has 19 heavy (non-hydrogen) atoms. The zero-order valence-corrected chi connectivity index (χ0v) is 11.0. The zero-order valence-electron chi connectivity index (χ0n) is 11.0. The second kappa shape index (κ2) is 6.62. The highest BCUT2D eigenvalue weighted by molar-refractivity contribution is 5.38. The molecule has 2 rings (SSSR count). The summed E-state index contributed by atoms with van der Waals surface area (Å²) < 4.78 is 7.56. The van der Waals surface area contributed by atoms with Crippen LogP contribution in [0, 0.1) is 11.8 Å². The van der Waals surface area contributed by atoms with Crippen molar-refractivity contribution in [2.24, 2.45) is 5.73 Å². The van der Waals surface area contributed by atoms with Crippen LogP contribution >= 0.6 is 0 Å². The molecule has 0 saturated heterocycles. The average Bonchev–Trinajstić information content (AvgIpc) is 2.92. The van der Waals surface area contributed by atoms with Gasteiger partial charge in [-0.1, -0.05) is 11.8 Å². The fourth-order valence-electron chi connectivity index (χ4n) is 1.61. The van der Waals surface area contributed by atoms with Crippen LogP contribution in [0.1, 0.15) is 18.1 Å². The van der Waals surface area contributed by atoms with Crippen molar-refractivity contribution in [2.75, 3.05) is 6.54 Å². The van der Waals surface area contributed by atoms with Gasteiger partial charge in [-0.05, 0) is 31.2 Å². The molecule has 4 nitrogen and oxygen atoms in total. The maximum atomic E-state index is 5.68. The maximum absolute atomic E-state index is 5.68. The van der Waals surface area contributed by atoms with Gasteiger partial charge < -0.3 is 10.5 Å². The quantitative estimate of drug-likeness (QED) is 0.847. The molecule has 0 fully saturated rings. The van der Waals surface area contributed by atoms with Gasteiger partial charge in [0.15, 0.2) is 0 Å². The summed E-state index contributed by atoms with van der Waals surface area (Å²) in [4.78, 5) is 0. The van der Waals surface area contributed by atoms with Gasteiger partial charge in [0, 0.05) is 23.9 Å². The first-order valence-corrected chi connectivity index (χ1v) is 6.25. The molecule has 0 aliphatic rings. The summed E-state index contributed by atoms with van der Waals surface area (Å²) in [5, 5.41) is 4.20. The van der Waals surface area contributed by atoms with Crippen molar-refractivity contribution in [2.45, 2.75) is 20.1 Å². The number of benzene rings is 1. The average molecular weight is 255 g/mol. The van der Waals surface area contributed by atoms with Crippen LogP contribution in [0.3, 0.4) is 0 Å². The third kappa shape index (κ3) is 3.87. The van der Waals surface area contributed by atoms with E-state index in [1.54, 1.807) is 0 Å². The Morgan fingerprint density at radius 1 is 1.32 bits per heavy atom. The Balaban J connectivity index is 1.92. The maximum Gasteiger partial charge on any atom is 0.119 e. The van der Waals surface area contributed by atoms with Crippen molar-refractivity contribution in [1.82, 2.24) is 9.78 Å². The van der Waals surface area contributed by atoms with Crippen LogP contribution in [-0.2, 0) is 13.2 Å². The Morgan fingerprint density at radius 2 is 2.11 bits per heavy atom. The van der Waals surface area contributed by atoms with E-state index in [1.807, 2.05) is 41.3 Å². The molecule has 1 heterocycles. The van der Waals surface area contributed by atoms with Crippen molar-refractivity contribution < 1.29 is 4.74 Å².